The van der Waals surface area contributed by atoms with Crippen LogP contribution in [-0.4, -0.2) is 18.2 Å². The summed E-state index contributed by atoms with van der Waals surface area (Å²) in [5, 5.41) is 10.6. The maximum Gasteiger partial charge on any atom is 0.373 e. The van der Waals surface area contributed by atoms with Gasteiger partial charge in [0, 0.05) is 11.4 Å². The van der Waals surface area contributed by atoms with Crippen molar-refractivity contribution in [1.82, 2.24) is 0 Å². The molecule has 0 amide bonds. The van der Waals surface area contributed by atoms with Gasteiger partial charge in [-0.05, 0) is 23.8 Å². The van der Waals surface area contributed by atoms with Crippen LogP contribution < -0.4 is 0 Å². The van der Waals surface area contributed by atoms with Crippen LogP contribution in [-0.2, 0) is 11.2 Å². The molecule has 2 rings (SSSR count). The number of rotatable bonds is 4. The fourth-order valence-corrected chi connectivity index (χ4v) is 1.93. The number of ether oxygens (including phenoxy) is 1. The molecular formula is C14H13ClO4. The smallest absolute Gasteiger partial charge is 0.373 e. The fraction of sp³-hybridized carbons (Fsp3) is 0.214. The Bertz CT molecular complexity index is 576. The van der Waals surface area contributed by atoms with Crippen LogP contribution in [0, 0.1) is 0 Å². The minimum Gasteiger partial charge on any atom is -0.463 e. The molecule has 0 aliphatic heterocycles. The first-order chi connectivity index (χ1) is 9.11. The van der Waals surface area contributed by atoms with Gasteiger partial charge in [-0.15, -0.1) is 0 Å². The quantitative estimate of drug-likeness (QED) is 0.875. The molecule has 19 heavy (non-hydrogen) atoms. The van der Waals surface area contributed by atoms with E-state index in [2.05, 4.69) is 4.74 Å². The van der Waals surface area contributed by atoms with E-state index in [1.165, 1.54) is 13.2 Å². The van der Waals surface area contributed by atoms with E-state index in [4.69, 9.17) is 16.0 Å². The highest BCUT2D eigenvalue weighted by Crippen LogP contribution is 2.24. The highest BCUT2D eigenvalue weighted by molar-refractivity contribution is 6.31. The van der Waals surface area contributed by atoms with Gasteiger partial charge in [-0.2, -0.15) is 0 Å². The van der Waals surface area contributed by atoms with Crippen molar-refractivity contribution in [2.24, 2.45) is 0 Å². The molecule has 0 fully saturated rings. The summed E-state index contributed by atoms with van der Waals surface area (Å²) in [6.45, 7) is 0. The zero-order chi connectivity index (χ0) is 13.8. The van der Waals surface area contributed by atoms with Crippen LogP contribution in [0.4, 0.5) is 0 Å². The number of hydrogen-bond donors (Lipinski definition) is 1. The van der Waals surface area contributed by atoms with Crippen LogP contribution in [0.25, 0.3) is 0 Å². The van der Waals surface area contributed by atoms with Crippen molar-refractivity contribution in [3.05, 3.63) is 58.5 Å². The third-order valence-electron chi connectivity index (χ3n) is 2.71. The Morgan fingerprint density at radius 1 is 1.37 bits per heavy atom. The highest BCUT2D eigenvalue weighted by Gasteiger charge is 2.17. The van der Waals surface area contributed by atoms with Crippen molar-refractivity contribution in [3.8, 4) is 0 Å². The molecule has 1 N–H and O–H groups in total. The molecule has 0 aliphatic carbocycles. The summed E-state index contributed by atoms with van der Waals surface area (Å²) in [6, 6.07) is 10.3. The Balaban J connectivity index is 2.12. The van der Waals surface area contributed by atoms with Crippen molar-refractivity contribution in [2.75, 3.05) is 7.11 Å². The van der Waals surface area contributed by atoms with Crippen LogP contribution in [0.5, 0.6) is 0 Å². The molecule has 0 saturated heterocycles. The lowest BCUT2D eigenvalue weighted by molar-refractivity contribution is 0.0555. The van der Waals surface area contributed by atoms with E-state index in [1.807, 2.05) is 18.2 Å². The van der Waals surface area contributed by atoms with E-state index >= 15 is 0 Å². The Kier molecular flexibility index (Phi) is 4.24. The zero-order valence-electron chi connectivity index (χ0n) is 10.3. The van der Waals surface area contributed by atoms with E-state index < -0.39 is 12.1 Å². The molecule has 1 unspecified atom stereocenters. The molecule has 5 heteroatoms. The van der Waals surface area contributed by atoms with Gasteiger partial charge in [0.25, 0.3) is 0 Å². The molecule has 0 radical (unpaired) electrons. The molecule has 100 valence electrons. The van der Waals surface area contributed by atoms with Gasteiger partial charge in [-0.3, -0.25) is 0 Å². The molecular weight excluding hydrogens is 268 g/mol. The summed E-state index contributed by atoms with van der Waals surface area (Å²) < 4.78 is 9.77. The van der Waals surface area contributed by atoms with Gasteiger partial charge in [-0.1, -0.05) is 29.8 Å². The molecule has 1 aromatic heterocycles. The van der Waals surface area contributed by atoms with Gasteiger partial charge in [0.2, 0.25) is 5.76 Å². The van der Waals surface area contributed by atoms with E-state index in [0.29, 0.717) is 17.2 Å². The largest absolute Gasteiger partial charge is 0.463 e. The van der Waals surface area contributed by atoms with Gasteiger partial charge in [0.15, 0.2) is 0 Å². The molecule has 0 spiro atoms. The predicted molar refractivity (Wildman–Crippen MR) is 70.2 cm³/mol. The molecule has 0 bridgehead atoms. The van der Waals surface area contributed by atoms with Crippen LogP contribution in [0.1, 0.15) is 28.0 Å². The number of benzene rings is 1. The lowest BCUT2D eigenvalue weighted by Gasteiger charge is -2.09. The van der Waals surface area contributed by atoms with E-state index in [-0.39, 0.29) is 5.76 Å². The summed E-state index contributed by atoms with van der Waals surface area (Å²) in [5.41, 5.74) is 0.813. The minimum atomic E-state index is -0.863. The number of esters is 1. The number of halogens is 1. The number of aliphatic hydroxyl groups excluding tert-OH is 1. The first kappa shape index (κ1) is 13.6. The maximum absolute atomic E-state index is 11.2. The van der Waals surface area contributed by atoms with Gasteiger partial charge in [-0.25, -0.2) is 4.79 Å². The Morgan fingerprint density at radius 3 is 2.79 bits per heavy atom. The third-order valence-corrected chi connectivity index (χ3v) is 3.08. The second-order valence-corrected chi connectivity index (χ2v) is 4.41. The number of hydrogen-bond acceptors (Lipinski definition) is 4. The number of methoxy groups -OCH3 is 1. The number of carbonyl (C=O) groups is 1. The van der Waals surface area contributed by atoms with Crippen molar-refractivity contribution in [3.63, 3.8) is 0 Å². The van der Waals surface area contributed by atoms with Crippen LogP contribution in [0.15, 0.2) is 40.8 Å². The Hall–Kier alpha value is -1.78. The second kappa shape index (κ2) is 5.91. The Morgan fingerprint density at radius 2 is 2.11 bits per heavy atom. The average molecular weight is 281 g/mol. The molecule has 4 nitrogen and oxygen atoms in total. The monoisotopic (exact) mass is 280 g/mol. The van der Waals surface area contributed by atoms with Crippen molar-refractivity contribution < 1.29 is 19.1 Å². The molecule has 1 heterocycles. The SMILES string of the molecule is COC(=O)c1ccc(C(O)Cc2ccccc2Cl)o1. The van der Waals surface area contributed by atoms with Gasteiger partial charge < -0.3 is 14.3 Å². The second-order valence-electron chi connectivity index (χ2n) is 4.00. The summed E-state index contributed by atoms with van der Waals surface area (Å²) in [7, 11) is 1.27. The average Bonchev–Trinajstić information content (AvgIpc) is 2.90. The topological polar surface area (TPSA) is 59.7 Å². The molecule has 1 atom stereocenters. The summed E-state index contributed by atoms with van der Waals surface area (Å²) in [4.78, 5) is 11.2. The fourth-order valence-electron chi connectivity index (χ4n) is 1.72. The zero-order valence-corrected chi connectivity index (χ0v) is 11.1. The molecule has 1 aromatic carbocycles. The minimum absolute atomic E-state index is 0.0655. The summed E-state index contributed by atoms with van der Waals surface area (Å²) >= 11 is 6.02. The lowest BCUT2D eigenvalue weighted by Crippen LogP contribution is -2.02. The van der Waals surface area contributed by atoms with Gasteiger partial charge >= 0.3 is 5.97 Å². The van der Waals surface area contributed by atoms with Gasteiger partial charge in [0.1, 0.15) is 11.9 Å². The Labute approximate surface area is 115 Å². The normalized spacial score (nSPS) is 12.2. The van der Waals surface area contributed by atoms with Crippen molar-refractivity contribution in [2.45, 2.75) is 12.5 Å². The van der Waals surface area contributed by atoms with E-state index in [1.54, 1.807) is 12.1 Å². The molecule has 0 aliphatic rings. The van der Waals surface area contributed by atoms with Crippen LogP contribution in [0.3, 0.4) is 0 Å². The predicted octanol–water partition coefficient (Wildman–Crippen LogP) is 3.00. The maximum atomic E-state index is 11.2. The number of aliphatic hydroxyl groups is 1. The van der Waals surface area contributed by atoms with Crippen LogP contribution in [0.2, 0.25) is 5.02 Å². The standard InChI is InChI=1S/C14H13ClO4/c1-18-14(17)13-7-6-12(19-13)11(16)8-9-4-2-3-5-10(9)15/h2-7,11,16H,8H2,1H3. The third kappa shape index (κ3) is 3.16. The first-order valence-corrected chi connectivity index (χ1v) is 6.09. The first-order valence-electron chi connectivity index (χ1n) is 5.71. The van der Waals surface area contributed by atoms with Crippen LogP contribution >= 0.6 is 11.6 Å². The lowest BCUT2D eigenvalue weighted by atomic mass is 10.1. The molecule has 0 saturated carbocycles. The van der Waals surface area contributed by atoms with Crippen molar-refractivity contribution in [1.29, 1.82) is 0 Å². The summed E-state index contributed by atoms with van der Waals surface area (Å²) in [5.74, 6) is -0.202. The number of carbonyl (C=O) groups excluding carboxylic acids is 1. The summed E-state index contributed by atoms with van der Waals surface area (Å²) in [6.07, 6.45) is -0.549. The van der Waals surface area contributed by atoms with Gasteiger partial charge in [0.05, 0.1) is 7.11 Å². The van der Waals surface area contributed by atoms with E-state index in [0.717, 1.165) is 5.56 Å². The molecule has 2 aromatic rings. The highest BCUT2D eigenvalue weighted by atomic mass is 35.5. The number of furan rings is 1. The van der Waals surface area contributed by atoms with E-state index in [9.17, 15) is 9.90 Å². The van der Waals surface area contributed by atoms with Crippen molar-refractivity contribution >= 4 is 17.6 Å².